The van der Waals surface area contributed by atoms with Crippen molar-refractivity contribution in [2.45, 2.75) is 0 Å². The largest absolute Gasteiger partial charge is 0.383 e. The number of nitrogen functional groups attached to an aromatic ring is 2. The Morgan fingerprint density at radius 3 is 2.30 bits per heavy atom. The molecule has 1 aromatic heterocycles. The van der Waals surface area contributed by atoms with Gasteiger partial charge < -0.3 is 17.2 Å². The minimum absolute atomic E-state index is 0.0324. The number of primary amides is 1. The summed E-state index contributed by atoms with van der Waals surface area (Å²) in [5.41, 5.74) is 15.4. The van der Waals surface area contributed by atoms with Crippen molar-refractivity contribution in [2.24, 2.45) is 5.73 Å². The topological polar surface area (TPSA) is 124 Å². The normalized spacial score (nSPS) is 9.60. The van der Waals surface area contributed by atoms with Gasteiger partial charge >= 0.3 is 0 Å². The molecule has 0 aliphatic heterocycles. The van der Waals surface area contributed by atoms with E-state index in [2.05, 4.69) is 10.2 Å². The fourth-order valence-corrected chi connectivity index (χ4v) is 0.629. The molecular weight excluding hydrogens is 134 g/mol. The third-order valence-corrected chi connectivity index (χ3v) is 1.07. The maximum absolute atomic E-state index is 10.5. The number of H-pyrrole nitrogens is 1. The summed E-state index contributed by atoms with van der Waals surface area (Å²) in [6, 6.07) is 0. The van der Waals surface area contributed by atoms with E-state index in [9.17, 15) is 4.79 Å². The Labute approximate surface area is 56.4 Å². The third-order valence-electron chi connectivity index (χ3n) is 1.07. The molecule has 7 N–H and O–H groups in total. The molecule has 0 saturated heterocycles. The number of nitrogens with one attached hydrogen (secondary N) is 1. The SMILES string of the molecule is NC(=O)c1c(N)n[nH]c1N. The van der Waals surface area contributed by atoms with E-state index in [1.54, 1.807) is 0 Å². The molecule has 0 saturated carbocycles. The number of carbonyl (C=O) groups excluding carboxylic acids is 1. The molecule has 1 amide bonds. The van der Waals surface area contributed by atoms with Crippen molar-refractivity contribution < 1.29 is 4.79 Å². The molecule has 1 heterocycles. The lowest BCUT2D eigenvalue weighted by Gasteiger charge is -1.90. The molecule has 0 aromatic carbocycles. The Hall–Kier alpha value is -1.72. The summed E-state index contributed by atoms with van der Waals surface area (Å²) in [7, 11) is 0. The molecule has 1 aromatic rings. The van der Waals surface area contributed by atoms with E-state index in [4.69, 9.17) is 17.2 Å². The lowest BCUT2D eigenvalue weighted by atomic mass is 10.3. The van der Waals surface area contributed by atoms with E-state index in [0.29, 0.717) is 0 Å². The highest BCUT2D eigenvalue weighted by Crippen LogP contribution is 2.12. The van der Waals surface area contributed by atoms with E-state index in [1.165, 1.54) is 0 Å². The van der Waals surface area contributed by atoms with Crippen LogP contribution in [-0.2, 0) is 0 Å². The van der Waals surface area contributed by atoms with Crippen LogP contribution in [0.2, 0.25) is 0 Å². The van der Waals surface area contributed by atoms with E-state index in [-0.39, 0.29) is 17.2 Å². The van der Waals surface area contributed by atoms with Gasteiger partial charge in [-0.1, -0.05) is 0 Å². The Morgan fingerprint density at radius 2 is 2.10 bits per heavy atom. The van der Waals surface area contributed by atoms with Crippen LogP contribution in [0.25, 0.3) is 0 Å². The second kappa shape index (κ2) is 1.90. The second-order valence-corrected chi connectivity index (χ2v) is 1.76. The quantitative estimate of drug-likeness (QED) is 0.387. The third kappa shape index (κ3) is 0.750. The van der Waals surface area contributed by atoms with Crippen LogP contribution in [0.15, 0.2) is 0 Å². The molecule has 6 heteroatoms. The summed E-state index contributed by atoms with van der Waals surface area (Å²) < 4.78 is 0. The summed E-state index contributed by atoms with van der Waals surface area (Å²) in [5.74, 6) is -0.543. The molecule has 0 atom stereocenters. The van der Waals surface area contributed by atoms with Gasteiger partial charge in [0.2, 0.25) is 0 Å². The van der Waals surface area contributed by atoms with Crippen LogP contribution in [0.1, 0.15) is 10.4 Å². The van der Waals surface area contributed by atoms with Crippen molar-refractivity contribution in [2.75, 3.05) is 11.5 Å². The highest BCUT2D eigenvalue weighted by Gasteiger charge is 2.12. The number of nitrogens with zero attached hydrogens (tertiary/aromatic N) is 1. The fraction of sp³-hybridized carbons (Fsp3) is 0. The Balaban J connectivity index is 3.23. The molecule has 0 spiro atoms. The van der Waals surface area contributed by atoms with Gasteiger partial charge in [-0.15, -0.1) is 0 Å². The van der Waals surface area contributed by atoms with Gasteiger partial charge in [-0.05, 0) is 0 Å². The molecule has 0 radical (unpaired) electrons. The highest BCUT2D eigenvalue weighted by molar-refractivity contribution is 6.01. The van der Waals surface area contributed by atoms with Crippen LogP contribution in [0.5, 0.6) is 0 Å². The molecule has 1 rings (SSSR count). The van der Waals surface area contributed by atoms with Crippen molar-refractivity contribution in [3.8, 4) is 0 Å². The summed E-state index contributed by atoms with van der Waals surface area (Å²) in [5, 5.41) is 5.78. The monoisotopic (exact) mass is 141 g/mol. The van der Waals surface area contributed by atoms with Crippen molar-refractivity contribution >= 4 is 17.5 Å². The summed E-state index contributed by atoms with van der Waals surface area (Å²) >= 11 is 0. The smallest absolute Gasteiger partial charge is 0.256 e. The van der Waals surface area contributed by atoms with E-state index >= 15 is 0 Å². The van der Waals surface area contributed by atoms with Crippen molar-refractivity contribution in [1.82, 2.24) is 10.2 Å². The minimum Gasteiger partial charge on any atom is -0.383 e. The standard InChI is InChI=1S/C4H7N5O/c5-2-1(4(7)10)3(6)9-8-2/h(H2,7,10)(H5,5,6,8,9). The van der Waals surface area contributed by atoms with Crippen molar-refractivity contribution in [3.63, 3.8) is 0 Å². The van der Waals surface area contributed by atoms with E-state index in [1.807, 2.05) is 0 Å². The van der Waals surface area contributed by atoms with Gasteiger partial charge in [-0.3, -0.25) is 9.89 Å². The molecule has 0 unspecified atom stereocenters. The number of nitrogens with two attached hydrogens (primary N) is 3. The maximum Gasteiger partial charge on any atom is 0.256 e. The molecule has 54 valence electrons. The van der Waals surface area contributed by atoms with Gasteiger partial charge in [-0.2, -0.15) is 5.10 Å². The van der Waals surface area contributed by atoms with Gasteiger partial charge in [0.05, 0.1) is 0 Å². The first-order valence-corrected chi connectivity index (χ1v) is 2.52. The average Bonchev–Trinajstić information content (AvgIpc) is 2.11. The molecule has 0 bridgehead atoms. The number of hydrogen-bond acceptors (Lipinski definition) is 4. The van der Waals surface area contributed by atoms with Gasteiger partial charge in [-0.25, -0.2) is 0 Å². The first-order valence-electron chi connectivity index (χ1n) is 2.52. The van der Waals surface area contributed by atoms with Crippen LogP contribution < -0.4 is 17.2 Å². The fourth-order valence-electron chi connectivity index (χ4n) is 0.629. The van der Waals surface area contributed by atoms with Crippen LogP contribution >= 0.6 is 0 Å². The Bertz CT molecular complexity index is 245. The number of rotatable bonds is 1. The lowest BCUT2D eigenvalue weighted by molar-refractivity contribution is 0.100. The number of anilines is 2. The molecular formula is C4H7N5O. The number of aromatic amines is 1. The molecule has 10 heavy (non-hydrogen) atoms. The van der Waals surface area contributed by atoms with Crippen LogP contribution in [-0.4, -0.2) is 16.1 Å². The molecule has 6 nitrogen and oxygen atoms in total. The van der Waals surface area contributed by atoms with E-state index in [0.717, 1.165) is 0 Å². The summed E-state index contributed by atoms with van der Waals surface area (Å²) in [4.78, 5) is 10.5. The van der Waals surface area contributed by atoms with Crippen LogP contribution in [0.3, 0.4) is 0 Å². The zero-order valence-electron chi connectivity index (χ0n) is 5.09. The van der Waals surface area contributed by atoms with Gasteiger partial charge in [0, 0.05) is 0 Å². The molecule has 0 fully saturated rings. The predicted octanol–water partition coefficient (Wildman–Crippen LogP) is -1.33. The number of carbonyl (C=O) groups is 1. The summed E-state index contributed by atoms with van der Waals surface area (Å²) in [6.45, 7) is 0. The Kier molecular flexibility index (Phi) is 1.22. The van der Waals surface area contributed by atoms with Crippen molar-refractivity contribution in [3.05, 3.63) is 5.56 Å². The zero-order valence-corrected chi connectivity index (χ0v) is 5.09. The number of amides is 1. The molecule has 0 aliphatic rings. The lowest BCUT2D eigenvalue weighted by Crippen LogP contribution is -2.14. The first-order chi connectivity index (χ1) is 4.63. The van der Waals surface area contributed by atoms with Crippen molar-refractivity contribution in [1.29, 1.82) is 0 Å². The molecule has 0 aliphatic carbocycles. The highest BCUT2D eigenvalue weighted by atomic mass is 16.1. The number of hydrogen-bond donors (Lipinski definition) is 4. The van der Waals surface area contributed by atoms with Gasteiger partial charge in [0.15, 0.2) is 5.82 Å². The number of aromatic nitrogens is 2. The first kappa shape index (κ1) is 6.40. The zero-order chi connectivity index (χ0) is 7.72. The average molecular weight is 141 g/mol. The second-order valence-electron chi connectivity index (χ2n) is 1.76. The van der Waals surface area contributed by atoms with Crippen LogP contribution in [0.4, 0.5) is 11.6 Å². The maximum atomic E-state index is 10.5. The van der Waals surface area contributed by atoms with E-state index < -0.39 is 5.91 Å². The minimum atomic E-state index is -0.677. The summed E-state index contributed by atoms with van der Waals surface area (Å²) in [6.07, 6.45) is 0. The van der Waals surface area contributed by atoms with Gasteiger partial charge in [0.1, 0.15) is 11.4 Å². The van der Waals surface area contributed by atoms with Crippen LogP contribution in [0, 0.1) is 0 Å². The van der Waals surface area contributed by atoms with Gasteiger partial charge in [0.25, 0.3) is 5.91 Å². The Morgan fingerprint density at radius 1 is 1.50 bits per heavy atom. The predicted molar refractivity (Wildman–Crippen MR) is 35.9 cm³/mol.